The van der Waals surface area contributed by atoms with E-state index in [-0.39, 0.29) is 18.4 Å². The molecule has 1 aliphatic rings. The molecule has 1 heterocycles. The number of ether oxygens (including phenoxy) is 1. The Kier molecular flexibility index (Phi) is 6.08. The van der Waals surface area contributed by atoms with Gasteiger partial charge in [-0.25, -0.2) is 0 Å². The van der Waals surface area contributed by atoms with Crippen LogP contribution >= 0.6 is 0 Å². The third-order valence-electron chi connectivity index (χ3n) is 4.76. The van der Waals surface area contributed by atoms with Crippen LogP contribution in [0.4, 0.5) is 0 Å². The molecule has 1 amide bonds. The fraction of sp³-hybridized carbons (Fsp3) is 0.333. The van der Waals surface area contributed by atoms with E-state index in [4.69, 9.17) is 4.74 Å². The summed E-state index contributed by atoms with van der Waals surface area (Å²) in [6, 6.07) is 16.6. The molecule has 6 heteroatoms. The summed E-state index contributed by atoms with van der Waals surface area (Å²) in [5, 5.41) is 12.1. The van der Waals surface area contributed by atoms with Crippen molar-refractivity contribution in [2.24, 2.45) is 0 Å². The van der Waals surface area contributed by atoms with E-state index in [9.17, 15) is 14.7 Å². The minimum absolute atomic E-state index is 0.129. The maximum absolute atomic E-state index is 12.4. The van der Waals surface area contributed by atoms with Crippen molar-refractivity contribution in [2.45, 2.75) is 31.5 Å². The number of carbonyl (C=O) groups is 2. The third-order valence-corrected chi connectivity index (χ3v) is 4.76. The molecule has 0 spiro atoms. The largest absolute Gasteiger partial charge is 0.489 e. The van der Waals surface area contributed by atoms with Crippen molar-refractivity contribution in [3.05, 3.63) is 65.7 Å². The number of nitrogens with zero attached hydrogens (tertiary/aromatic N) is 1. The van der Waals surface area contributed by atoms with Gasteiger partial charge in [0.05, 0.1) is 6.42 Å². The van der Waals surface area contributed by atoms with Gasteiger partial charge in [-0.2, -0.15) is 0 Å². The Hall–Kier alpha value is -2.86. The molecule has 3 rings (SSSR count). The highest BCUT2D eigenvalue weighted by Gasteiger charge is 2.35. The first kappa shape index (κ1) is 18.9. The van der Waals surface area contributed by atoms with Crippen LogP contribution in [0.25, 0.3) is 0 Å². The summed E-state index contributed by atoms with van der Waals surface area (Å²) in [4.78, 5) is 25.4. The van der Waals surface area contributed by atoms with E-state index in [1.807, 2.05) is 54.6 Å². The summed E-state index contributed by atoms with van der Waals surface area (Å²) in [5.41, 5.74) is 1.87. The Bertz CT molecular complexity index is 794. The molecule has 2 atom stereocenters. The first-order chi connectivity index (χ1) is 13.0. The summed E-state index contributed by atoms with van der Waals surface area (Å²) >= 11 is 0. The summed E-state index contributed by atoms with van der Waals surface area (Å²) in [6.45, 7) is 0.974. The SMILES string of the molecule is CN1C[C@H](NC(=O)Cc2ccccc2OCc2ccccc2)C[C@H]1C(=O)O. The van der Waals surface area contributed by atoms with Crippen LogP contribution in [0.2, 0.25) is 0 Å². The number of carbonyl (C=O) groups excluding carboxylic acids is 1. The number of benzene rings is 2. The normalized spacial score (nSPS) is 19.6. The van der Waals surface area contributed by atoms with Crippen LogP contribution in [0, 0.1) is 0 Å². The molecule has 1 saturated heterocycles. The van der Waals surface area contributed by atoms with Gasteiger partial charge < -0.3 is 15.2 Å². The second kappa shape index (κ2) is 8.68. The lowest BCUT2D eigenvalue weighted by Crippen LogP contribution is -2.37. The minimum atomic E-state index is -0.853. The number of carboxylic acids is 1. The number of para-hydroxylation sites is 1. The van der Waals surface area contributed by atoms with Crippen LogP contribution in [0.5, 0.6) is 5.75 Å². The van der Waals surface area contributed by atoms with E-state index in [0.717, 1.165) is 11.1 Å². The van der Waals surface area contributed by atoms with Crippen molar-refractivity contribution >= 4 is 11.9 Å². The van der Waals surface area contributed by atoms with Crippen LogP contribution in [0.1, 0.15) is 17.5 Å². The van der Waals surface area contributed by atoms with Gasteiger partial charge in [-0.05, 0) is 25.1 Å². The van der Waals surface area contributed by atoms with E-state index in [0.29, 0.717) is 25.3 Å². The van der Waals surface area contributed by atoms with E-state index in [2.05, 4.69) is 5.32 Å². The number of likely N-dealkylation sites (tertiary alicyclic amines) is 1. The van der Waals surface area contributed by atoms with Gasteiger partial charge in [-0.3, -0.25) is 14.5 Å². The van der Waals surface area contributed by atoms with E-state index in [1.165, 1.54) is 0 Å². The van der Waals surface area contributed by atoms with Gasteiger partial charge >= 0.3 is 5.97 Å². The van der Waals surface area contributed by atoms with Crippen LogP contribution in [0.3, 0.4) is 0 Å². The maximum atomic E-state index is 12.4. The smallest absolute Gasteiger partial charge is 0.320 e. The summed E-state index contributed by atoms with van der Waals surface area (Å²) in [7, 11) is 1.76. The molecule has 0 aliphatic carbocycles. The molecule has 1 fully saturated rings. The highest BCUT2D eigenvalue weighted by atomic mass is 16.5. The predicted molar refractivity (Wildman–Crippen MR) is 102 cm³/mol. The molecular formula is C21H24N2O4. The van der Waals surface area contributed by atoms with Crippen LogP contribution in [-0.4, -0.2) is 47.6 Å². The van der Waals surface area contributed by atoms with Crippen molar-refractivity contribution in [3.8, 4) is 5.75 Å². The second-order valence-corrected chi connectivity index (χ2v) is 6.85. The zero-order valence-electron chi connectivity index (χ0n) is 15.3. The van der Waals surface area contributed by atoms with Gasteiger partial charge in [0, 0.05) is 18.2 Å². The Morgan fingerprint density at radius 3 is 2.56 bits per heavy atom. The van der Waals surface area contributed by atoms with Crippen molar-refractivity contribution in [3.63, 3.8) is 0 Å². The molecule has 2 aromatic carbocycles. The number of rotatable bonds is 7. The van der Waals surface area contributed by atoms with E-state index >= 15 is 0 Å². The summed E-state index contributed by atoms with van der Waals surface area (Å²) < 4.78 is 5.89. The van der Waals surface area contributed by atoms with Crippen molar-refractivity contribution in [1.82, 2.24) is 10.2 Å². The van der Waals surface area contributed by atoms with Gasteiger partial charge in [0.1, 0.15) is 18.4 Å². The molecule has 0 unspecified atom stereocenters. The highest BCUT2D eigenvalue weighted by Crippen LogP contribution is 2.21. The number of carboxylic acid groups (broad SMARTS) is 1. The Morgan fingerprint density at radius 1 is 1.15 bits per heavy atom. The molecule has 1 aliphatic heterocycles. The fourth-order valence-electron chi connectivity index (χ4n) is 3.37. The fourth-order valence-corrected chi connectivity index (χ4v) is 3.37. The molecule has 6 nitrogen and oxygen atoms in total. The second-order valence-electron chi connectivity index (χ2n) is 6.85. The zero-order chi connectivity index (χ0) is 19.2. The average Bonchev–Trinajstić information content (AvgIpc) is 3.02. The Balaban J connectivity index is 1.57. The number of nitrogens with one attached hydrogen (secondary N) is 1. The molecule has 0 radical (unpaired) electrons. The summed E-state index contributed by atoms with van der Waals surface area (Å²) in [6.07, 6.45) is 0.618. The quantitative estimate of drug-likeness (QED) is 0.782. The van der Waals surface area contributed by atoms with Gasteiger partial charge in [-0.15, -0.1) is 0 Å². The van der Waals surface area contributed by atoms with Gasteiger partial charge in [0.15, 0.2) is 0 Å². The maximum Gasteiger partial charge on any atom is 0.320 e. The van der Waals surface area contributed by atoms with Gasteiger partial charge in [0.25, 0.3) is 0 Å². The number of hydrogen-bond donors (Lipinski definition) is 2. The lowest BCUT2D eigenvalue weighted by atomic mass is 10.1. The number of amides is 1. The van der Waals surface area contributed by atoms with Crippen LogP contribution in [0.15, 0.2) is 54.6 Å². The first-order valence-electron chi connectivity index (χ1n) is 9.00. The monoisotopic (exact) mass is 368 g/mol. The number of hydrogen-bond acceptors (Lipinski definition) is 4. The average molecular weight is 368 g/mol. The molecule has 0 saturated carbocycles. The Labute approximate surface area is 158 Å². The standard InChI is InChI=1S/C21H24N2O4/c1-23-13-17(12-18(23)21(25)26)22-20(24)11-16-9-5-6-10-19(16)27-14-15-7-3-2-4-8-15/h2-10,17-18H,11-14H2,1H3,(H,22,24)(H,25,26)/t17-,18+/m1/s1. The van der Waals surface area contributed by atoms with Gasteiger partial charge in [-0.1, -0.05) is 48.5 Å². The lowest BCUT2D eigenvalue weighted by Gasteiger charge is -2.15. The zero-order valence-corrected chi connectivity index (χ0v) is 15.3. The van der Waals surface area contributed by atoms with E-state index in [1.54, 1.807) is 11.9 Å². The third kappa shape index (κ3) is 5.08. The molecule has 142 valence electrons. The molecular weight excluding hydrogens is 344 g/mol. The predicted octanol–water partition coefficient (Wildman–Crippen LogP) is 2.08. The van der Waals surface area contributed by atoms with Crippen molar-refractivity contribution in [1.29, 1.82) is 0 Å². The molecule has 0 aromatic heterocycles. The molecule has 2 N–H and O–H groups in total. The van der Waals surface area contributed by atoms with Crippen LogP contribution in [-0.2, 0) is 22.6 Å². The molecule has 2 aromatic rings. The molecule has 27 heavy (non-hydrogen) atoms. The van der Waals surface area contributed by atoms with Crippen molar-refractivity contribution < 1.29 is 19.4 Å². The minimum Gasteiger partial charge on any atom is -0.489 e. The lowest BCUT2D eigenvalue weighted by molar-refractivity contribution is -0.141. The molecule has 0 bridgehead atoms. The van der Waals surface area contributed by atoms with Crippen LogP contribution < -0.4 is 10.1 Å². The first-order valence-corrected chi connectivity index (χ1v) is 9.00. The van der Waals surface area contributed by atoms with Gasteiger partial charge in [0.2, 0.25) is 5.91 Å². The van der Waals surface area contributed by atoms with Crippen molar-refractivity contribution in [2.75, 3.05) is 13.6 Å². The highest BCUT2D eigenvalue weighted by molar-refractivity contribution is 5.80. The topological polar surface area (TPSA) is 78.9 Å². The number of aliphatic carboxylic acids is 1. The summed E-state index contributed by atoms with van der Waals surface area (Å²) in [5.74, 6) is -0.299. The number of likely N-dealkylation sites (N-methyl/N-ethyl adjacent to an activating group) is 1. The van der Waals surface area contributed by atoms with E-state index < -0.39 is 12.0 Å². The Morgan fingerprint density at radius 2 is 1.85 bits per heavy atom.